The van der Waals surface area contributed by atoms with Crippen molar-refractivity contribution in [1.82, 2.24) is 9.44 Å². The van der Waals surface area contributed by atoms with Crippen LogP contribution in [0.5, 0.6) is 0 Å². The zero-order valence-corrected chi connectivity index (χ0v) is 18.3. The highest BCUT2D eigenvalue weighted by Gasteiger charge is 2.25. The number of fused-ring (bicyclic) bond motifs is 2. The van der Waals surface area contributed by atoms with Crippen LogP contribution in [-0.4, -0.2) is 29.9 Å². The molecule has 4 rings (SSSR count). The van der Waals surface area contributed by atoms with Gasteiger partial charge in [-0.1, -0.05) is 26.0 Å². The van der Waals surface area contributed by atoms with Crippen LogP contribution in [0.25, 0.3) is 0 Å². The molecule has 30 heavy (non-hydrogen) atoms. The number of hydrogen-bond donors (Lipinski definition) is 2. The number of sulfonamides is 2. The van der Waals surface area contributed by atoms with Crippen molar-refractivity contribution in [1.29, 1.82) is 0 Å². The molecule has 0 radical (unpaired) electrons. The summed E-state index contributed by atoms with van der Waals surface area (Å²) in [6, 6.07) is 7.85. The van der Waals surface area contributed by atoms with Gasteiger partial charge in [0.15, 0.2) is 0 Å². The normalized spacial score (nSPS) is 24.3. The van der Waals surface area contributed by atoms with Crippen LogP contribution in [0.15, 0.2) is 46.2 Å². The van der Waals surface area contributed by atoms with Crippen molar-refractivity contribution < 1.29 is 25.6 Å². The first kappa shape index (κ1) is 22.8. The van der Waals surface area contributed by atoms with Gasteiger partial charge in [-0.2, -0.15) is 0 Å². The van der Waals surface area contributed by atoms with E-state index >= 15 is 0 Å². The summed E-state index contributed by atoms with van der Waals surface area (Å²) in [5.41, 5.74) is 1.38. The monoisotopic (exact) mass is 458 g/mol. The van der Waals surface area contributed by atoms with Crippen LogP contribution in [0.3, 0.4) is 0 Å². The van der Waals surface area contributed by atoms with Crippen molar-refractivity contribution in [3.05, 3.63) is 59.2 Å². The van der Waals surface area contributed by atoms with E-state index in [0.29, 0.717) is 37.1 Å². The van der Waals surface area contributed by atoms with Crippen molar-refractivity contribution in [2.24, 2.45) is 11.8 Å². The van der Waals surface area contributed by atoms with Crippen LogP contribution >= 0.6 is 0 Å². The average Bonchev–Trinajstić information content (AvgIpc) is 2.86. The van der Waals surface area contributed by atoms with E-state index in [0.717, 1.165) is 12.1 Å². The molecule has 0 saturated heterocycles. The van der Waals surface area contributed by atoms with Gasteiger partial charge >= 0.3 is 0 Å². The van der Waals surface area contributed by atoms with Gasteiger partial charge in [-0.3, -0.25) is 0 Å². The first-order chi connectivity index (χ1) is 14.0. The van der Waals surface area contributed by atoms with Gasteiger partial charge in [-0.25, -0.2) is 35.1 Å². The van der Waals surface area contributed by atoms with Crippen LogP contribution in [0.2, 0.25) is 0 Å². The summed E-state index contributed by atoms with van der Waals surface area (Å²) in [5, 5.41) is 0. The first-order valence-corrected chi connectivity index (χ1v) is 12.5. The maximum absolute atomic E-state index is 13.0. The molecule has 0 spiro atoms. The molecule has 0 fully saturated rings. The summed E-state index contributed by atoms with van der Waals surface area (Å²) in [6.07, 6.45) is 1.31. The largest absolute Gasteiger partial charge is 0.240 e. The molecule has 6 nitrogen and oxygen atoms in total. The molecule has 0 unspecified atom stereocenters. The minimum atomic E-state index is -3.52. The highest BCUT2D eigenvalue weighted by Crippen LogP contribution is 2.24. The van der Waals surface area contributed by atoms with Gasteiger partial charge in [0, 0.05) is 13.1 Å². The Morgan fingerprint density at radius 2 is 1.10 bits per heavy atom. The van der Waals surface area contributed by atoms with Crippen molar-refractivity contribution in [3.63, 3.8) is 0 Å². The zero-order valence-electron chi connectivity index (χ0n) is 16.7. The van der Waals surface area contributed by atoms with E-state index in [-0.39, 0.29) is 21.6 Å². The van der Waals surface area contributed by atoms with Crippen LogP contribution < -0.4 is 9.44 Å². The highest BCUT2D eigenvalue weighted by molar-refractivity contribution is 7.89. The minimum Gasteiger partial charge on any atom is -0.211 e. The van der Waals surface area contributed by atoms with Gasteiger partial charge in [0.1, 0.15) is 11.6 Å². The van der Waals surface area contributed by atoms with Gasteiger partial charge in [-0.05, 0) is 60.1 Å². The Morgan fingerprint density at radius 1 is 0.733 bits per heavy atom. The van der Waals surface area contributed by atoms with Crippen LogP contribution in [0, 0.1) is 23.5 Å². The van der Waals surface area contributed by atoms with Gasteiger partial charge in [0.2, 0.25) is 20.0 Å². The Labute approximate surface area is 175 Å². The second kappa shape index (κ2) is 8.70. The number of hydrogen-bond acceptors (Lipinski definition) is 4. The van der Waals surface area contributed by atoms with Crippen molar-refractivity contribution in [3.8, 4) is 0 Å². The Morgan fingerprint density at radius 3 is 1.47 bits per heavy atom. The lowest BCUT2D eigenvalue weighted by Gasteiger charge is -2.05. The quantitative estimate of drug-likeness (QED) is 0.635. The summed E-state index contributed by atoms with van der Waals surface area (Å²) in [7, 11) is -7.05. The molecule has 2 N–H and O–H groups in total. The molecular weight excluding hydrogens is 434 g/mol. The second-order valence-corrected chi connectivity index (χ2v) is 11.3. The van der Waals surface area contributed by atoms with Gasteiger partial charge in [-0.15, -0.1) is 0 Å². The first-order valence-electron chi connectivity index (χ1n) is 9.54. The van der Waals surface area contributed by atoms with Crippen molar-refractivity contribution in [2.75, 3.05) is 13.1 Å². The molecule has 164 valence electrons. The number of nitrogens with one attached hydrogen (secondary N) is 2. The Hall–Kier alpha value is -1.88. The van der Waals surface area contributed by atoms with Crippen molar-refractivity contribution in [2.45, 2.75) is 36.5 Å². The van der Waals surface area contributed by atoms with Crippen LogP contribution in [-0.2, 0) is 32.9 Å². The lowest BCUT2D eigenvalue weighted by Crippen LogP contribution is -2.26. The molecule has 2 atom stereocenters. The minimum absolute atomic E-state index is 0.0758. The van der Waals surface area contributed by atoms with E-state index in [2.05, 4.69) is 9.44 Å². The second-order valence-electron chi connectivity index (χ2n) is 7.83. The average molecular weight is 459 g/mol. The molecule has 0 amide bonds. The number of halogens is 2. The smallest absolute Gasteiger partial charge is 0.211 e. The maximum Gasteiger partial charge on any atom is 0.240 e. The molecule has 0 bridgehead atoms. The lowest BCUT2D eigenvalue weighted by molar-refractivity contribution is 0.551. The van der Waals surface area contributed by atoms with Gasteiger partial charge < -0.3 is 0 Å². The number of rotatable bonds is 0. The Kier molecular flexibility index (Phi) is 6.61. The predicted octanol–water partition coefficient (Wildman–Crippen LogP) is 2.59. The summed E-state index contributed by atoms with van der Waals surface area (Å²) in [5.74, 6) is -0.583. The highest BCUT2D eigenvalue weighted by atomic mass is 32.2. The van der Waals surface area contributed by atoms with E-state index in [4.69, 9.17) is 0 Å². The van der Waals surface area contributed by atoms with Gasteiger partial charge in [0.05, 0.1) is 9.79 Å². The fraction of sp³-hybridized carbons (Fsp3) is 0.400. The number of benzene rings is 2. The zero-order chi connectivity index (χ0) is 22.1. The maximum atomic E-state index is 13.0. The van der Waals surface area contributed by atoms with E-state index in [1.165, 1.54) is 12.1 Å². The lowest BCUT2D eigenvalue weighted by atomic mass is 10.0. The fourth-order valence-corrected chi connectivity index (χ4v) is 6.30. The summed E-state index contributed by atoms with van der Waals surface area (Å²) in [4.78, 5) is 0.152. The van der Waals surface area contributed by atoms with E-state index < -0.39 is 31.7 Å². The molecule has 2 aliphatic heterocycles. The third kappa shape index (κ3) is 5.23. The van der Waals surface area contributed by atoms with E-state index in [1.54, 1.807) is 12.1 Å². The Balaban J connectivity index is 0.000000171. The molecule has 0 aliphatic carbocycles. The Bertz CT molecular complexity index is 1060. The molecular formula is C20H24F2N2O4S2. The fourth-order valence-electron chi connectivity index (χ4n) is 3.45. The topological polar surface area (TPSA) is 92.3 Å². The third-order valence-electron chi connectivity index (χ3n) is 5.02. The molecule has 10 heteroatoms. The predicted molar refractivity (Wildman–Crippen MR) is 109 cm³/mol. The summed E-state index contributed by atoms with van der Waals surface area (Å²) < 4.78 is 77.7. The van der Waals surface area contributed by atoms with Crippen LogP contribution in [0.4, 0.5) is 8.78 Å². The SMILES string of the molecule is C[C@@H]1CNS(=O)(=O)c2cc(F)ccc2C1.C[C@H]1CNS(=O)(=O)c2cc(F)ccc2C1. The molecule has 2 heterocycles. The van der Waals surface area contributed by atoms with Crippen molar-refractivity contribution >= 4 is 20.0 Å². The molecule has 2 aliphatic rings. The molecule has 0 aromatic heterocycles. The van der Waals surface area contributed by atoms with Crippen LogP contribution in [0.1, 0.15) is 25.0 Å². The van der Waals surface area contributed by atoms with E-state index in [1.807, 2.05) is 13.8 Å². The molecule has 2 aromatic carbocycles. The standard InChI is InChI=1S/2C10H12FNO2S/c2*1-7-4-8-2-3-9(11)5-10(8)15(13,14)12-6-7/h2*2-3,5,7,12H,4,6H2,1H3/t2*7-/m10/s1. The summed E-state index contributed by atoms with van der Waals surface area (Å²) in [6.45, 7) is 4.72. The molecule has 0 saturated carbocycles. The van der Waals surface area contributed by atoms with Gasteiger partial charge in [0.25, 0.3) is 0 Å². The third-order valence-corrected chi connectivity index (χ3v) is 8.03. The van der Waals surface area contributed by atoms with E-state index in [9.17, 15) is 25.6 Å². The molecule has 2 aromatic rings. The summed E-state index contributed by atoms with van der Waals surface area (Å²) >= 11 is 0.